The maximum Gasteiger partial charge on any atom is 0.342 e. The first-order valence-corrected chi connectivity index (χ1v) is 7.10. The second kappa shape index (κ2) is 6.53. The number of ether oxygens (including phenoxy) is 1. The van der Waals surface area contributed by atoms with Crippen LogP contribution in [0, 0.1) is 6.92 Å². The number of amides is 1. The molecule has 2 heterocycles. The molecule has 0 aliphatic heterocycles. The van der Waals surface area contributed by atoms with Crippen LogP contribution in [0.1, 0.15) is 33.5 Å². The van der Waals surface area contributed by atoms with Crippen LogP contribution in [0.4, 0.5) is 5.69 Å². The second-order valence-corrected chi connectivity index (χ2v) is 5.07. The summed E-state index contributed by atoms with van der Waals surface area (Å²) >= 11 is 3.26. The number of hydrogen-bond donors (Lipinski definition) is 2. The summed E-state index contributed by atoms with van der Waals surface area (Å²) in [6.45, 7) is 3.73. The summed E-state index contributed by atoms with van der Waals surface area (Å²) in [5.74, 6) is -0.890. The SMILES string of the molecule is CCOC(=O)c1c(NC(=O)c2ncccc2Br)c[nH]c1C. The molecule has 2 N–H and O–H groups in total. The van der Waals surface area contributed by atoms with Gasteiger partial charge in [-0.1, -0.05) is 0 Å². The fourth-order valence-electron chi connectivity index (χ4n) is 1.83. The number of nitrogens with zero attached hydrogens (tertiary/aromatic N) is 1. The van der Waals surface area contributed by atoms with Gasteiger partial charge < -0.3 is 15.0 Å². The van der Waals surface area contributed by atoms with Crippen molar-refractivity contribution in [3.8, 4) is 0 Å². The lowest BCUT2D eigenvalue weighted by Gasteiger charge is -2.07. The number of hydrogen-bond acceptors (Lipinski definition) is 4. The molecule has 2 aromatic rings. The molecule has 0 saturated carbocycles. The van der Waals surface area contributed by atoms with Crippen LogP contribution in [0.5, 0.6) is 0 Å². The monoisotopic (exact) mass is 351 g/mol. The molecule has 0 bridgehead atoms. The van der Waals surface area contributed by atoms with Gasteiger partial charge in [0.15, 0.2) is 0 Å². The molecule has 0 aromatic carbocycles. The van der Waals surface area contributed by atoms with Crippen LogP contribution in [0.15, 0.2) is 29.0 Å². The molecular weight excluding hydrogens is 338 g/mol. The van der Waals surface area contributed by atoms with Gasteiger partial charge in [0.2, 0.25) is 0 Å². The highest BCUT2D eigenvalue weighted by Crippen LogP contribution is 2.22. The predicted molar refractivity (Wildman–Crippen MR) is 81.4 cm³/mol. The standard InChI is InChI=1S/C14H14BrN3O3/c1-3-21-14(20)11-8(2)17-7-10(11)18-13(19)12-9(15)5-4-6-16-12/h4-7,17H,3H2,1-2H3,(H,18,19). The number of H-pyrrole nitrogens is 1. The number of anilines is 1. The minimum atomic E-state index is -0.480. The zero-order chi connectivity index (χ0) is 15.4. The third-order valence-corrected chi connectivity index (χ3v) is 3.42. The zero-order valence-electron chi connectivity index (χ0n) is 11.6. The highest BCUT2D eigenvalue weighted by molar-refractivity contribution is 9.10. The molecular formula is C14H14BrN3O3. The first-order chi connectivity index (χ1) is 10.0. The largest absolute Gasteiger partial charge is 0.462 e. The molecule has 0 spiro atoms. The Morgan fingerprint density at radius 1 is 1.48 bits per heavy atom. The first kappa shape index (κ1) is 15.2. The Morgan fingerprint density at radius 2 is 2.24 bits per heavy atom. The van der Waals surface area contributed by atoms with E-state index in [2.05, 4.69) is 31.2 Å². The molecule has 6 nitrogen and oxygen atoms in total. The van der Waals surface area contributed by atoms with Gasteiger partial charge in [-0.3, -0.25) is 4.79 Å². The Labute approximate surface area is 130 Å². The average molecular weight is 352 g/mol. The number of carbonyl (C=O) groups is 2. The van der Waals surface area contributed by atoms with Crippen molar-refractivity contribution in [1.82, 2.24) is 9.97 Å². The fourth-order valence-corrected chi connectivity index (χ4v) is 2.26. The molecule has 2 rings (SSSR count). The van der Waals surface area contributed by atoms with Gasteiger partial charge in [0.1, 0.15) is 11.3 Å². The van der Waals surface area contributed by atoms with E-state index in [4.69, 9.17) is 4.74 Å². The Balaban J connectivity index is 2.27. The minimum absolute atomic E-state index is 0.242. The van der Waals surface area contributed by atoms with E-state index in [0.29, 0.717) is 21.4 Å². The number of aryl methyl sites for hydroxylation is 1. The van der Waals surface area contributed by atoms with Gasteiger partial charge in [-0.15, -0.1) is 0 Å². The van der Waals surface area contributed by atoms with Gasteiger partial charge in [-0.05, 0) is 41.9 Å². The maximum atomic E-state index is 12.2. The number of carbonyl (C=O) groups excluding carboxylic acids is 2. The lowest BCUT2D eigenvalue weighted by molar-refractivity contribution is 0.0527. The van der Waals surface area contributed by atoms with Crippen molar-refractivity contribution < 1.29 is 14.3 Å². The molecule has 7 heteroatoms. The Morgan fingerprint density at radius 3 is 2.90 bits per heavy atom. The third kappa shape index (κ3) is 3.30. The zero-order valence-corrected chi connectivity index (χ0v) is 13.2. The maximum absolute atomic E-state index is 12.2. The van der Waals surface area contributed by atoms with Crippen LogP contribution < -0.4 is 5.32 Å². The summed E-state index contributed by atoms with van der Waals surface area (Å²) in [4.78, 5) is 31.0. The lowest BCUT2D eigenvalue weighted by Crippen LogP contribution is -2.16. The molecule has 0 aliphatic carbocycles. The van der Waals surface area contributed by atoms with Crippen LogP contribution in [0.3, 0.4) is 0 Å². The van der Waals surface area contributed by atoms with E-state index in [0.717, 1.165) is 0 Å². The molecule has 2 aromatic heterocycles. The van der Waals surface area contributed by atoms with Crippen LogP contribution in [0.25, 0.3) is 0 Å². The highest BCUT2D eigenvalue weighted by atomic mass is 79.9. The van der Waals surface area contributed by atoms with Crippen LogP contribution in [-0.4, -0.2) is 28.5 Å². The molecule has 0 atom stereocenters. The molecule has 0 fully saturated rings. The number of esters is 1. The number of rotatable bonds is 4. The summed E-state index contributed by atoms with van der Waals surface area (Å²) in [5.41, 5.74) is 1.56. The Kier molecular flexibility index (Phi) is 4.74. The predicted octanol–water partition coefficient (Wildman–Crippen LogP) is 2.91. The molecule has 0 radical (unpaired) electrons. The van der Waals surface area contributed by atoms with Gasteiger partial charge >= 0.3 is 5.97 Å². The Hall–Kier alpha value is -2.15. The number of halogens is 1. The second-order valence-electron chi connectivity index (χ2n) is 4.21. The minimum Gasteiger partial charge on any atom is -0.462 e. The highest BCUT2D eigenvalue weighted by Gasteiger charge is 2.20. The van der Waals surface area contributed by atoms with Crippen molar-refractivity contribution in [1.29, 1.82) is 0 Å². The van der Waals surface area contributed by atoms with E-state index >= 15 is 0 Å². The normalized spacial score (nSPS) is 10.2. The average Bonchev–Trinajstić information content (AvgIpc) is 2.80. The smallest absolute Gasteiger partial charge is 0.342 e. The van der Waals surface area contributed by atoms with E-state index in [-0.39, 0.29) is 12.3 Å². The first-order valence-electron chi connectivity index (χ1n) is 6.31. The number of nitrogens with one attached hydrogen (secondary N) is 2. The summed E-state index contributed by atoms with van der Waals surface area (Å²) < 4.78 is 5.56. The van der Waals surface area contributed by atoms with Gasteiger partial charge in [-0.2, -0.15) is 0 Å². The molecule has 0 unspecified atom stereocenters. The van der Waals surface area contributed by atoms with E-state index in [1.54, 1.807) is 32.2 Å². The third-order valence-electron chi connectivity index (χ3n) is 2.78. The molecule has 0 saturated heterocycles. The van der Waals surface area contributed by atoms with E-state index in [1.165, 1.54) is 6.20 Å². The van der Waals surface area contributed by atoms with Gasteiger partial charge in [-0.25, -0.2) is 9.78 Å². The van der Waals surface area contributed by atoms with Gasteiger partial charge in [0.05, 0.1) is 12.3 Å². The molecule has 110 valence electrons. The summed E-state index contributed by atoms with van der Waals surface area (Å²) in [5, 5.41) is 2.66. The van der Waals surface area contributed by atoms with E-state index in [1.807, 2.05) is 0 Å². The molecule has 1 amide bonds. The molecule has 21 heavy (non-hydrogen) atoms. The lowest BCUT2D eigenvalue weighted by atomic mass is 10.2. The topological polar surface area (TPSA) is 84.1 Å². The van der Waals surface area contributed by atoms with Gasteiger partial charge in [0.25, 0.3) is 5.91 Å². The van der Waals surface area contributed by atoms with Crippen molar-refractivity contribution in [2.75, 3.05) is 11.9 Å². The summed E-state index contributed by atoms with van der Waals surface area (Å²) in [6, 6.07) is 3.43. The number of aromatic nitrogens is 2. The van der Waals surface area contributed by atoms with Crippen molar-refractivity contribution in [2.45, 2.75) is 13.8 Å². The van der Waals surface area contributed by atoms with E-state index < -0.39 is 11.9 Å². The summed E-state index contributed by atoms with van der Waals surface area (Å²) in [6.07, 6.45) is 3.07. The van der Waals surface area contributed by atoms with Crippen molar-refractivity contribution in [3.63, 3.8) is 0 Å². The van der Waals surface area contributed by atoms with Crippen molar-refractivity contribution in [2.24, 2.45) is 0 Å². The van der Waals surface area contributed by atoms with Crippen molar-refractivity contribution in [3.05, 3.63) is 46.0 Å². The van der Waals surface area contributed by atoms with Crippen LogP contribution >= 0.6 is 15.9 Å². The van der Waals surface area contributed by atoms with Crippen molar-refractivity contribution >= 4 is 33.5 Å². The summed E-state index contributed by atoms with van der Waals surface area (Å²) in [7, 11) is 0. The number of pyridine rings is 1. The Bertz CT molecular complexity index is 682. The van der Waals surface area contributed by atoms with Crippen LogP contribution in [0.2, 0.25) is 0 Å². The van der Waals surface area contributed by atoms with E-state index in [9.17, 15) is 9.59 Å². The number of aromatic amines is 1. The quantitative estimate of drug-likeness (QED) is 0.829. The fraction of sp³-hybridized carbons (Fsp3) is 0.214. The molecule has 0 aliphatic rings. The van der Waals surface area contributed by atoms with Gasteiger partial charge in [0, 0.05) is 22.6 Å². The van der Waals surface area contributed by atoms with Crippen LogP contribution in [-0.2, 0) is 4.74 Å².